The Kier molecular flexibility index (Phi) is 6.64. The molecule has 2 N–H and O–H groups in total. The maximum atomic E-state index is 12.5. The summed E-state index contributed by atoms with van der Waals surface area (Å²) in [4.78, 5) is 36.5. The number of carbonyl (C=O) groups is 3. The third kappa shape index (κ3) is 5.22. The Morgan fingerprint density at radius 2 is 1.90 bits per heavy atom. The molecule has 0 radical (unpaired) electrons. The molecular formula is C21H25N3O5. The predicted octanol–water partition coefficient (Wildman–Crippen LogP) is 3.21. The monoisotopic (exact) mass is 399 g/mol. The quantitative estimate of drug-likeness (QED) is 0.747. The number of carbonyl (C=O) groups excluding carboxylic acids is 3. The number of hydrogen-bond donors (Lipinski definition) is 2. The largest absolute Gasteiger partial charge is 0.452 e. The summed E-state index contributed by atoms with van der Waals surface area (Å²) >= 11 is 0. The molecule has 0 saturated heterocycles. The first kappa shape index (κ1) is 20.6. The molecule has 0 aliphatic heterocycles. The molecule has 0 spiro atoms. The van der Waals surface area contributed by atoms with Crippen LogP contribution < -0.4 is 10.6 Å². The second-order valence-corrected chi connectivity index (χ2v) is 7.29. The van der Waals surface area contributed by atoms with Crippen molar-refractivity contribution in [1.82, 2.24) is 15.8 Å². The minimum absolute atomic E-state index is 0.0483. The van der Waals surface area contributed by atoms with Crippen molar-refractivity contribution in [2.24, 2.45) is 5.92 Å². The van der Waals surface area contributed by atoms with Gasteiger partial charge in [-0.15, -0.1) is 0 Å². The van der Waals surface area contributed by atoms with Crippen LogP contribution in [0.5, 0.6) is 0 Å². The van der Waals surface area contributed by atoms with Gasteiger partial charge in [0.1, 0.15) is 17.0 Å². The highest BCUT2D eigenvalue weighted by atomic mass is 16.5. The SMILES string of the molecule is Cc1onc(-c2ccccc2)c1C(=O)OCC(=O)NC(=O)N[C@@H]1CCCC[C@@H]1C. The standard InChI is InChI=1S/C21H25N3O5/c1-13-8-6-7-11-16(13)22-21(27)23-17(25)12-28-20(26)18-14(2)29-24-19(18)15-9-4-3-5-10-15/h3-5,9-10,13,16H,6-8,11-12H2,1-2H3,(H2,22,23,25,27)/t13-,16+/m0/s1. The molecule has 0 unspecified atom stereocenters. The number of benzene rings is 1. The Bertz CT molecular complexity index is 878. The van der Waals surface area contributed by atoms with Crippen LogP contribution in [0.1, 0.15) is 48.7 Å². The molecule has 3 rings (SSSR count). The van der Waals surface area contributed by atoms with Crippen LogP contribution in [0.4, 0.5) is 4.79 Å². The van der Waals surface area contributed by atoms with Gasteiger partial charge in [0.2, 0.25) is 0 Å². The molecule has 1 heterocycles. The third-order valence-electron chi connectivity index (χ3n) is 5.13. The van der Waals surface area contributed by atoms with Crippen LogP contribution in [-0.2, 0) is 9.53 Å². The van der Waals surface area contributed by atoms with Crippen molar-refractivity contribution >= 4 is 17.9 Å². The molecule has 0 bridgehead atoms. The fourth-order valence-electron chi connectivity index (χ4n) is 3.51. The molecule has 1 aliphatic rings. The molecule has 1 saturated carbocycles. The summed E-state index contributed by atoms with van der Waals surface area (Å²) in [7, 11) is 0. The van der Waals surface area contributed by atoms with Crippen LogP contribution >= 0.6 is 0 Å². The van der Waals surface area contributed by atoms with E-state index < -0.39 is 24.5 Å². The second-order valence-electron chi connectivity index (χ2n) is 7.29. The van der Waals surface area contributed by atoms with Gasteiger partial charge in [-0.25, -0.2) is 9.59 Å². The summed E-state index contributed by atoms with van der Waals surface area (Å²) in [6.45, 7) is 3.10. The number of hydrogen-bond acceptors (Lipinski definition) is 6. The highest BCUT2D eigenvalue weighted by Gasteiger charge is 2.25. The molecule has 29 heavy (non-hydrogen) atoms. The van der Waals surface area contributed by atoms with E-state index in [1.165, 1.54) is 0 Å². The highest BCUT2D eigenvalue weighted by molar-refractivity contribution is 5.99. The van der Waals surface area contributed by atoms with Crippen LogP contribution in [0.3, 0.4) is 0 Å². The molecule has 1 fully saturated rings. The molecule has 8 heteroatoms. The van der Waals surface area contributed by atoms with Gasteiger partial charge in [0.25, 0.3) is 5.91 Å². The van der Waals surface area contributed by atoms with Crippen molar-refractivity contribution in [2.75, 3.05) is 6.61 Å². The molecule has 1 aliphatic carbocycles. The van der Waals surface area contributed by atoms with Gasteiger partial charge >= 0.3 is 12.0 Å². The van der Waals surface area contributed by atoms with E-state index in [1.807, 2.05) is 18.2 Å². The maximum absolute atomic E-state index is 12.5. The van der Waals surface area contributed by atoms with Gasteiger partial charge < -0.3 is 14.6 Å². The number of aromatic nitrogens is 1. The van der Waals surface area contributed by atoms with Gasteiger partial charge in [-0.05, 0) is 25.7 Å². The predicted molar refractivity (Wildman–Crippen MR) is 105 cm³/mol. The van der Waals surface area contributed by atoms with Gasteiger partial charge in [0.15, 0.2) is 6.61 Å². The highest BCUT2D eigenvalue weighted by Crippen LogP contribution is 2.26. The van der Waals surface area contributed by atoms with Crippen LogP contribution in [0.15, 0.2) is 34.9 Å². The van der Waals surface area contributed by atoms with E-state index in [-0.39, 0.29) is 11.6 Å². The fourth-order valence-corrected chi connectivity index (χ4v) is 3.51. The zero-order valence-electron chi connectivity index (χ0n) is 16.6. The Balaban J connectivity index is 1.54. The molecule has 1 aromatic heterocycles. The van der Waals surface area contributed by atoms with Crippen LogP contribution in [-0.4, -0.2) is 35.7 Å². The molecule has 2 atom stereocenters. The van der Waals surface area contributed by atoms with Crippen molar-refractivity contribution in [3.63, 3.8) is 0 Å². The van der Waals surface area contributed by atoms with Gasteiger partial charge in [-0.2, -0.15) is 0 Å². The van der Waals surface area contributed by atoms with Crippen molar-refractivity contribution < 1.29 is 23.6 Å². The number of esters is 1. The summed E-state index contributed by atoms with van der Waals surface area (Å²) in [6, 6.07) is 8.52. The van der Waals surface area contributed by atoms with E-state index in [0.717, 1.165) is 25.7 Å². The average molecular weight is 399 g/mol. The lowest BCUT2D eigenvalue weighted by atomic mass is 9.86. The smallest absolute Gasteiger partial charge is 0.344 e. The lowest BCUT2D eigenvalue weighted by Crippen LogP contribution is -2.48. The number of imide groups is 1. The molecule has 154 valence electrons. The van der Waals surface area contributed by atoms with Crippen LogP contribution in [0.25, 0.3) is 11.3 Å². The molecule has 2 aromatic rings. The number of rotatable bonds is 5. The number of amides is 3. The Labute approximate surface area is 169 Å². The Morgan fingerprint density at radius 3 is 2.62 bits per heavy atom. The minimum atomic E-state index is -0.737. The first-order valence-electron chi connectivity index (χ1n) is 9.75. The van der Waals surface area contributed by atoms with E-state index >= 15 is 0 Å². The topological polar surface area (TPSA) is 111 Å². The minimum Gasteiger partial charge on any atom is -0.452 e. The van der Waals surface area contributed by atoms with E-state index in [0.29, 0.717) is 22.9 Å². The molecular weight excluding hydrogens is 374 g/mol. The summed E-state index contributed by atoms with van der Waals surface area (Å²) < 4.78 is 10.2. The van der Waals surface area contributed by atoms with Crippen LogP contribution in [0, 0.1) is 12.8 Å². The van der Waals surface area contributed by atoms with E-state index in [4.69, 9.17) is 9.26 Å². The van der Waals surface area contributed by atoms with Crippen LogP contribution in [0.2, 0.25) is 0 Å². The van der Waals surface area contributed by atoms with Crippen molar-refractivity contribution in [3.8, 4) is 11.3 Å². The molecule has 1 aromatic carbocycles. The summed E-state index contributed by atoms with van der Waals surface area (Å²) in [5.74, 6) is -0.776. The summed E-state index contributed by atoms with van der Waals surface area (Å²) in [5.41, 5.74) is 1.20. The number of urea groups is 1. The van der Waals surface area contributed by atoms with E-state index in [1.54, 1.807) is 19.1 Å². The lowest BCUT2D eigenvalue weighted by molar-refractivity contribution is -0.123. The normalized spacial score (nSPS) is 18.7. The second kappa shape index (κ2) is 9.36. The number of nitrogens with zero attached hydrogens (tertiary/aromatic N) is 1. The van der Waals surface area contributed by atoms with Gasteiger partial charge in [-0.3, -0.25) is 10.1 Å². The number of ether oxygens (including phenoxy) is 1. The van der Waals surface area contributed by atoms with Crippen molar-refractivity contribution in [1.29, 1.82) is 0 Å². The summed E-state index contributed by atoms with van der Waals surface area (Å²) in [6.07, 6.45) is 4.16. The molecule has 8 nitrogen and oxygen atoms in total. The van der Waals surface area contributed by atoms with E-state index in [9.17, 15) is 14.4 Å². The van der Waals surface area contributed by atoms with Crippen molar-refractivity contribution in [2.45, 2.75) is 45.6 Å². The third-order valence-corrected chi connectivity index (χ3v) is 5.13. The zero-order valence-corrected chi connectivity index (χ0v) is 16.6. The Hall–Kier alpha value is -3.16. The number of nitrogens with one attached hydrogen (secondary N) is 2. The first-order chi connectivity index (χ1) is 14.0. The van der Waals surface area contributed by atoms with Gasteiger partial charge in [0, 0.05) is 11.6 Å². The lowest BCUT2D eigenvalue weighted by Gasteiger charge is -2.29. The summed E-state index contributed by atoms with van der Waals surface area (Å²) in [5, 5.41) is 8.94. The number of aryl methyl sites for hydroxylation is 1. The zero-order chi connectivity index (χ0) is 20.8. The van der Waals surface area contributed by atoms with Gasteiger partial charge in [0.05, 0.1) is 0 Å². The fraction of sp³-hybridized carbons (Fsp3) is 0.429. The van der Waals surface area contributed by atoms with Crippen molar-refractivity contribution in [3.05, 3.63) is 41.7 Å². The maximum Gasteiger partial charge on any atom is 0.344 e. The first-order valence-corrected chi connectivity index (χ1v) is 9.75. The Morgan fingerprint density at radius 1 is 1.17 bits per heavy atom. The molecule has 3 amide bonds. The van der Waals surface area contributed by atoms with Gasteiger partial charge in [-0.1, -0.05) is 55.3 Å². The average Bonchev–Trinajstić information content (AvgIpc) is 3.10. The van der Waals surface area contributed by atoms with E-state index in [2.05, 4.69) is 22.7 Å².